The molecule has 1 fully saturated rings. The third-order valence-corrected chi connectivity index (χ3v) is 1.86. The number of pyridine rings is 1. The van der Waals surface area contributed by atoms with Crippen LogP contribution in [-0.2, 0) is 4.74 Å². The highest BCUT2D eigenvalue weighted by atomic mass is 19.1. The van der Waals surface area contributed by atoms with Crippen LogP contribution in [-0.4, -0.2) is 18.2 Å². The highest BCUT2D eigenvalue weighted by Crippen LogP contribution is 2.22. The molecule has 2 nitrogen and oxygen atoms in total. The summed E-state index contributed by atoms with van der Waals surface area (Å²) in [4.78, 5) is 3.56. The second-order valence-corrected chi connectivity index (χ2v) is 2.65. The molecule has 0 atom stereocenters. The molecule has 1 aromatic rings. The first-order chi connectivity index (χ1) is 5.36. The van der Waals surface area contributed by atoms with Gasteiger partial charge in [0.2, 0.25) is 5.95 Å². The fourth-order valence-electron chi connectivity index (χ4n) is 1.06. The first-order valence-corrected chi connectivity index (χ1v) is 3.55. The Balaban J connectivity index is 2.18. The van der Waals surface area contributed by atoms with E-state index in [2.05, 4.69) is 4.98 Å². The van der Waals surface area contributed by atoms with Crippen molar-refractivity contribution in [3.05, 3.63) is 29.8 Å². The van der Waals surface area contributed by atoms with Crippen molar-refractivity contribution in [1.29, 1.82) is 0 Å². The normalized spacial score (nSPS) is 17.9. The van der Waals surface area contributed by atoms with E-state index in [1.807, 2.05) is 0 Å². The molecule has 11 heavy (non-hydrogen) atoms. The minimum atomic E-state index is -0.422. The van der Waals surface area contributed by atoms with Gasteiger partial charge in [0, 0.05) is 12.1 Å². The number of ether oxygens (including phenoxy) is 1. The van der Waals surface area contributed by atoms with Crippen LogP contribution in [0.3, 0.4) is 0 Å². The topological polar surface area (TPSA) is 22.1 Å². The number of hydrogen-bond acceptors (Lipinski definition) is 2. The van der Waals surface area contributed by atoms with Crippen LogP contribution in [0.5, 0.6) is 0 Å². The minimum absolute atomic E-state index is 0.422. The molecule has 1 saturated heterocycles. The smallest absolute Gasteiger partial charge is 0.212 e. The van der Waals surface area contributed by atoms with Gasteiger partial charge in [-0.15, -0.1) is 0 Å². The molecule has 0 saturated carbocycles. The SMILES string of the molecule is Fc1ccc(C2COC2)cn1. The van der Waals surface area contributed by atoms with Gasteiger partial charge < -0.3 is 4.74 Å². The monoisotopic (exact) mass is 153 g/mol. The van der Waals surface area contributed by atoms with E-state index in [0.29, 0.717) is 5.92 Å². The van der Waals surface area contributed by atoms with Gasteiger partial charge in [-0.05, 0) is 11.6 Å². The predicted molar refractivity (Wildman–Crippen MR) is 37.8 cm³/mol. The molecule has 0 unspecified atom stereocenters. The zero-order valence-corrected chi connectivity index (χ0v) is 5.96. The minimum Gasteiger partial charge on any atom is -0.380 e. The molecule has 2 heterocycles. The standard InChI is InChI=1S/C8H8FNO/c9-8-2-1-6(3-10-8)7-4-11-5-7/h1-3,7H,4-5H2. The van der Waals surface area contributed by atoms with E-state index in [1.54, 1.807) is 12.3 Å². The maximum absolute atomic E-state index is 12.3. The number of rotatable bonds is 1. The quantitative estimate of drug-likeness (QED) is 0.568. The summed E-state index contributed by atoms with van der Waals surface area (Å²) in [5.74, 6) is 0.0112. The van der Waals surface area contributed by atoms with Crippen molar-refractivity contribution >= 4 is 0 Å². The molecule has 0 aliphatic carbocycles. The number of nitrogens with zero attached hydrogens (tertiary/aromatic N) is 1. The van der Waals surface area contributed by atoms with E-state index in [0.717, 1.165) is 18.8 Å². The van der Waals surface area contributed by atoms with Crippen LogP contribution in [0, 0.1) is 5.95 Å². The number of hydrogen-bond donors (Lipinski definition) is 0. The Labute approximate surface area is 64.0 Å². The van der Waals surface area contributed by atoms with Crippen LogP contribution in [0.25, 0.3) is 0 Å². The average molecular weight is 153 g/mol. The molecule has 0 bridgehead atoms. The van der Waals surface area contributed by atoms with Crippen LogP contribution in [0.2, 0.25) is 0 Å². The second-order valence-electron chi connectivity index (χ2n) is 2.65. The Kier molecular flexibility index (Phi) is 1.58. The van der Waals surface area contributed by atoms with Gasteiger partial charge in [-0.1, -0.05) is 6.07 Å². The molecule has 0 amide bonds. The molecule has 0 spiro atoms. The van der Waals surface area contributed by atoms with Crippen LogP contribution >= 0.6 is 0 Å². The van der Waals surface area contributed by atoms with Crippen molar-refractivity contribution in [2.45, 2.75) is 5.92 Å². The lowest BCUT2D eigenvalue weighted by Crippen LogP contribution is -2.25. The van der Waals surface area contributed by atoms with Crippen molar-refractivity contribution in [2.75, 3.05) is 13.2 Å². The summed E-state index contributed by atoms with van der Waals surface area (Å²) >= 11 is 0. The predicted octanol–water partition coefficient (Wildman–Crippen LogP) is 1.33. The van der Waals surface area contributed by atoms with Crippen LogP contribution in [0.1, 0.15) is 11.5 Å². The first-order valence-electron chi connectivity index (χ1n) is 3.55. The maximum atomic E-state index is 12.3. The van der Waals surface area contributed by atoms with Crippen molar-refractivity contribution in [3.63, 3.8) is 0 Å². The van der Waals surface area contributed by atoms with E-state index in [4.69, 9.17) is 4.74 Å². The fourth-order valence-corrected chi connectivity index (χ4v) is 1.06. The Morgan fingerprint density at radius 1 is 1.45 bits per heavy atom. The molecule has 1 aliphatic rings. The molecule has 3 heteroatoms. The second kappa shape index (κ2) is 2.58. The molecule has 0 radical (unpaired) electrons. The lowest BCUT2D eigenvalue weighted by Gasteiger charge is -2.25. The fraction of sp³-hybridized carbons (Fsp3) is 0.375. The van der Waals surface area contributed by atoms with Crippen molar-refractivity contribution < 1.29 is 9.13 Å². The van der Waals surface area contributed by atoms with Crippen molar-refractivity contribution in [2.24, 2.45) is 0 Å². The van der Waals surface area contributed by atoms with Gasteiger partial charge in [0.25, 0.3) is 0 Å². The van der Waals surface area contributed by atoms with Crippen molar-refractivity contribution in [1.82, 2.24) is 4.98 Å². The highest BCUT2D eigenvalue weighted by molar-refractivity contribution is 5.16. The largest absolute Gasteiger partial charge is 0.380 e. The molecule has 0 aromatic carbocycles. The van der Waals surface area contributed by atoms with Gasteiger partial charge in [0.05, 0.1) is 13.2 Å². The molecule has 58 valence electrons. The van der Waals surface area contributed by atoms with E-state index in [-0.39, 0.29) is 0 Å². The molecule has 0 N–H and O–H groups in total. The van der Waals surface area contributed by atoms with Gasteiger partial charge in [0.15, 0.2) is 0 Å². The molecular weight excluding hydrogens is 145 g/mol. The van der Waals surface area contributed by atoms with Crippen molar-refractivity contribution in [3.8, 4) is 0 Å². The van der Waals surface area contributed by atoms with E-state index < -0.39 is 5.95 Å². The summed E-state index contributed by atoms with van der Waals surface area (Å²) in [6.45, 7) is 1.49. The third kappa shape index (κ3) is 1.24. The van der Waals surface area contributed by atoms with Crippen LogP contribution < -0.4 is 0 Å². The Bertz CT molecular complexity index is 243. The third-order valence-electron chi connectivity index (χ3n) is 1.86. The molecule has 2 rings (SSSR count). The number of aromatic nitrogens is 1. The van der Waals surface area contributed by atoms with Gasteiger partial charge >= 0.3 is 0 Å². The summed E-state index contributed by atoms with van der Waals surface area (Å²) in [7, 11) is 0. The van der Waals surface area contributed by atoms with Gasteiger partial charge in [-0.2, -0.15) is 4.39 Å². The van der Waals surface area contributed by atoms with E-state index in [9.17, 15) is 4.39 Å². The van der Waals surface area contributed by atoms with E-state index in [1.165, 1.54) is 6.07 Å². The Morgan fingerprint density at radius 2 is 2.27 bits per heavy atom. The lowest BCUT2D eigenvalue weighted by atomic mass is 10.00. The summed E-state index contributed by atoms with van der Waals surface area (Å²) in [5, 5.41) is 0. The van der Waals surface area contributed by atoms with Gasteiger partial charge in [0.1, 0.15) is 0 Å². The Hall–Kier alpha value is -0.960. The summed E-state index contributed by atoms with van der Waals surface area (Å²) in [5.41, 5.74) is 1.07. The maximum Gasteiger partial charge on any atom is 0.212 e. The lowest BCUT2D eigenvalue weighted by molar-refractivity contribution is 0.00824. The summed E-state index contributed by atoms with van der Waals surface area (Å²) in [6, 6.07) is 3.14. The zero-order chi connectivity index (χ0) is 7.68. The zero-order valence-electron chi connectivity index (χ0n) is 5.96. The van der Waals surface area contributed by atoms with Crippen LogP contribution in [0.15, 0.2) is 18.3 Å². The molecule has 1 aromatic heterocycles. The summed E-state index contributed by atoms with van der Waals surface area (Å²) in [6.07, 6.45) is 1.57. The molecule has 1 aliphatic heterocycles. The average Bonchev–Trinajstić information content (AvgIpc) is 1.90. The van der Waals surface area contributed by atoms with Gasteiger partial charge in [-0.25, -0.2) is 4.98 Å². The molecular formula is C8H8FNO. The number of halogens is 1. The van der Waals surface area contributed by atoms with Crippen LogP contribution in [0.4, 0.5) is 4.39 Å². The van der Waals surface area contributed by atoms with E-state index >= 15 is 0 Å². The van der Waals surface area contributed by atoms with Gasteiger partial charge in [-0.3, -0.25) is 0 Å². The summed E-state index contributed by atoms with van der Waals surface area (Å²) < 4.78 is 17.3. The highest BCUT2D eigenvalue weighted by Gasteiger charge is 2.20. The first kappa shape index (κ1) is 6.73. The Morgan fingerprint density at radius 3 is 2.73 bits per heavy atom.